The van der Waals surface area contributed by atoms with E-state index >= 15 is 0 Å². The topological polar surface area (TPSA) is 40.6 Å². The van der Waals surface area contributed by atoms with Crippen molar-refractivity contribution in [3.63, 3.8) is 0 Å². The molecule has 26 heavy (non-hydrogen) atoms. The van der Waals surface area contributed by atoms with Crippen LogP contribution in [0.5, 0.6) is 0 Å². The molecule has 1 aromatic carbocycles. The Morgan fingerprint density at radius 3 is 2.27 bits per heavy atom. The Morgan fingerprint density at radius 2 is 1.54 bits per heavy atom. The third-order valence-corrected chi connectivity index (χ3v) is 5.93. The maximum absolute atomic E-state index is 12.7. The number of benzene rings is 1. The second-order valence-electron chi connectivity index (χ2n) is 7.94. The van der Waals surface area contributed by atoms with E-state index in [0.29, 0.717) is 19.5 Å². The fourth-order valence-electron chi connectivity index (χ4n) is 4.21. The minimum absolute atomic E-state index is 0.0847. The van der Waals surface area contributed by atoms with Gasteiger partial charge in [-0.2, -0.15) is 0 Å². The Kier molecular flexibility index (Phi) is 6.70. The lowest BCUT2D eigenvalue weighted by molar-refractivity contribution is -0.131. The number of amides is 2. The molecule has 1 aliphatic carbocycles. The maximum Gasteiger partial charge on any atom is 0.253 e. The van der Waals surface area contributed by atoms with Crippen molar-refractivity contribution in [3.05, 3.63) is 35.4 Å². The van der Waals surface area contributed by atoms with E-state index in [1.54, 1.807) is 0 Å². The van der Waals surface area contributed by atoms with Crippen molar-refractivity contribution in [1.29, 1.82) is 0 Å². The molecule has 0 unspecified atom stereocenters. The standard InChI is InChI=1S/C22H32N2O2/c1-18-8-11-20(12-9-18)22(26)24-15-5-14-23(16-17-24)21(25)13-10-19-6-3-2-4-7-19/h8-9,11-12,19H,2-7,10,13-17H2,1H3. The van der Waals surface area contributed by atoms with Crippen LogP contribution in [0.1, 0.15) is 67.3 Å². The van der Waals surface area contributed by atoms with Gasteiger partial charge < -0.3 is 9.80 Å². The van der Waals surface area contributed by atoms with E-state index in [9.17, 15) is 9.59 Å². The van der Waals surface area contributed by atoms with Crippen LogP contribution in [0.25, 0.3) is 0 Å². The van der Waals surface area contributed by atoms with Gasteiger partial charge in [-0.15, -0.1) is 0 Å². The molecule has 1 saturated carbocycles. The van der Waals surface area contributed by atoms with Gasteiger partial charge in [0.25, 0.3) is 5.91 Å². The molecule has 0 radical (unpaired) electrons. The predicted octanol–water partition coefficient (Wildman–Crippen LogP) is 4.03. The lowest BCUT2D eigenvalue weighted by Crippen LogP contribution is -2.37. The number of hydrogen-bond acceptors (Lipinski definition) is 2. The molecule has 0 bridgehead atoms. The monoisotopic (exact) mass is 356 g/mol. The maximum atomic E-state index is 12.7. The fourth-order valence-corrected chi connectivity index (χ4v) is 4.21. The zero-order valence-corrected chi connectivity index (χ0v) is 16.1. The summed E-state index contributed by atoms with van der Waals surface area (Å²) in [6.07, 6.45) is 9.21. The summed E-state index contributed by atoms with van der Waals surface area (Å²) in [5, 5.41) is 0. The minimum Gasteiger partial charge on any atom is -0.341 e. The van der Waals surface area contributed by atoms with Gasteiger partial charge in [-0.3, -0.25) is 9.59 Å². The molecule has 3 rings (SSSR count). The Bertz CT molecular complexity index is 605. The predicted molar refractivity (Wildman–Crippen MR) is 104 cm³/mol. The van der Waals surface area contributed by atoms with Gasteiger partial charge in [-0.05, 0) is 37.8 Å². The first kappa shape index (κ1) is 18.9. The first-order chi connectivity index (χ1) is 12.6. The number of rotatable bonds is 4. The zero-order chi connectivity index (χ0) is 18.4. The van der Waals surface area contributed by atoms with Crippen molar-refractivity contribution in [2.75, 3.05) is 26.2 Å². The van der Waals surface area contributed by atoms with Gasteiger partial charge in [0.05, 0.1) is 0 Å². The number of nitrogens with zero attached hydrogens (tertiary/aromatic N) is 2. The highest BCUT2D eigenvalue weighted by Gasteiger charge is 2.23. The molecule has 1 aliphatic heterocycles. The van der Waals surface area contributed by atoms with Gasteiger partial charge in [0, 0.05) is 38.2 Å². The van der Waals surface area contributed by atoms with Crippen LogP contribution in [-0.2, 0) is 4.79 Å². The normalized spacial score (nSPS) is 19.3. The highest BCUT2D eigenvalue weighted by atomic mass is 16.2. The Labute approximate surface area is 157 Å². The summed E-state index contributed by atoms with van der Waals surface area (Å²) in [5.41, 5.74) is 1.90. The van der Waals surface area contributed by atoms with E-state index in [0.717, 1.165) is 43.0 Å². The van der Waals surface area contributed by atoms with E-state index in [1.165, 1.54) is 32.1 Å². The smallest absolute Gasteiger partial charge is 0.253 e. The molecule has 142 valence electrons. The second-order valence-corrected chi connectivity index (χ2v) is 7.94. The summed E-state index contributed by atoms with van der Waals surface area (Å²) in [6.45, 7) is 4.85. The van der Waals surface area contributed by atoms with Crippen molar-refractivity contribution in [1.82, 2.24) is 9.80 Å². The summed E-state index contributed by atoms with van der Waals surface area (Å²) >= 11 is 0. The van der Waals surface area contributed by atoms with Gasteiger partial charge in [0.2, 0.25) is 5.91 Å². The average molecular weight is 357 g/mol. The van der Waals surface area contributed by atoms with Crippen LogP contribution in [0, 0.1) is 12.8 Å². The molecule has 2 aliphatic rings. The van der Waals surface area contributed by atoms with Crippen molar-refractivity contribution in [3.8, 4) is 0 Å². The number of carbonyl (C=O) groups is 2. The summed E-state index contributed by atoms with van der Waals surface area (Å²) in [6, 6.07) is 7.75. The van der Waals surface area contributed by atoms with Crippen LogP contribution in [0.15, 0.2) is 24.3 Å². The number of aryl methyl sites for hydroxylation is 1. The molecule has 4 heteroatoms. The Morgan fingerprint density at radius 1 is 0.885 bits per heavy atom. The molecule has 1 aromatic rings. The minimum atomic E-state index is 0.0847. The molecule has 0 atom stereocenters. The van der Waals surface area contributed by atoms with E-state index in [-0.39, 0.29) is 11.8 Å². The molecular formula is C22H32N2O2. The molecule has 4 nitrogen and oxygen atoms in total. The van der Waals surface area contributed by atoms with Crippen molar-refractivity contribution >= 4 is 11.8 Å². The van der Waals surface area contributed by atoms with Gasteiger partial charge in [-0.25, -0.2) is 0 Å². The first-order valence-corrected chi connectivity index (χ1v) is 10.3. The summed E-state index contributed by atoms with van der Waals surface area (Å²) in [4.78, 5) is 29.2. The average Bonchev–Trinajstić information content (AvgIpc) is 2.93. The van der Waals surface area contributed by atoms with E-state index in [2.05, 4.69) is 0 Å². The third kappa shape index (κ3) is 5.09. The van der Waals surface area contributed by atoms with Crippen LogP contribution < -0.4 is 0 Å². The highest BCUT2D eigenvalue weighted by Crippen LogP contribution is 2.27. The summed E-state index contributed by atoms with van der Waals surface area (Å²) < 4.78 is 0. The third-order valence-electron chi connectivity index (χ3n) is 5.93. The van der Waals surface area contributed by atoms with E-state index < -0.39 is 0 Å². The van der Waals surface area contributed by atoms with Gasteiger partial charge in [0.15, 0.2) is 0 Å². The molecule has 0 N–H and O–H groups in total. The molecule has 2 amide bonds. The van der Waals surface area contributed by atoms with Crippen LogP contribution in [-0.4, -0.2) is 47.8 Å². The SMILES string of the molecule is Cc1ccc(C(=O)N2CCCN(C(=O)CCC3CCCCC3)CC2)cc1. The number of carbonyl (C=O) groups excluding carboxylic acids is 2. The Hall–Kier alpha value is -1.84. The van der Waals surface area contributed by atoms with Gasteiger partial charge in [0.1, 0.15) is 0 Å². The van der Waals surface area contributed by atoms with Gasteiger partial charge >= 0.3 is 0 Å². The molecular weight excluding hydrogens is 324 g/mol. The van der Waals surface area contributed by atoms with Crippen molar-refractivity contribution < 1.29 is 9.59 Å². The molecule has 0 aromatic heterocycles. The summed E-state index contributed by atoms with van der Waals surface area (Å²) in [7, 11) is 0. The lowest BCUT2D eigenvalue weighted by atomic mass is 9.86. The van der Waals surface area contributed by atoms with Crippen LogP contribution in [0.3, 0.4) is 0 Å². The highest BCUT2D eigenvalue weighted by molar-refractivity contribution is 5.94. The molecule has 2 fully saturated rings. The fraction of sp³-hybridized carbons (Fsp3) is 0.636. The van der Waals surface area contributed by atoms with Crippen LogP contribution in [0.4, 0.5) is 0 Å². The Balaban J connectivity index is 1.48. The number of hydrogen-bond donors (Lipinski definition) is 0. The van der Waals surface area contributed by atoms with Gasteiger partial charge in [-0.1, -0.05) is 49.8 Å². The largest absolute Gasteiger partial charge is 0.341 e. The first-order valence-electron chi connectivity index (χ1n) is 10.3. The molecule has 0 spiro atoms. The van der Waals surface area contributed by atoms with Crippen LogP contribution in [0.2, 0.25) is 0 Å². The zero-order valence-electron chi connectivity index (χ0n) is 16.1. The molecule has 1 heterocycles. The van der Waals surface area contributed by atoms with Crippen LogP contribution >= 0.6 is 0 Å². The quantitative estimate of drug-likeness (QED) is 0.817. The molecule has 1 saturated heterocycles. The van der Waals surface area contributed by atoms with E-state index in [1.807, 2.05) is 41.0 Å². The van der Waals surface area contributed by atoms with E-state index in [4.69, 9.17) is 0 Å². The summed E-state index contributed by atoms with van der Waals surface area (Å²) in [5.74, 6) is 1.11. The van der Waals surface area contributed by atoms with Crippen molar-refractivity contribution in [2.45, 2.75) is 58.3 Å². The lowest BCUT2D eigenvalue weighted by Gasteiger charge is -2.24. The van der Waals surface area contributed by atoms with Crippen molar-refractivity contribution in [2.24, 2.45) is 5.92 Å². The second kappa shape index (κ2) is 9.20.